The number of carbonyl (C=O) groups is 1. The number of carbonyl (C=O) groups excluding carboxylic acids is 1. The van der Waals surface area contributed by atoms with Crippen LogP contribution in [0, 0.1) is 11.8 Å². The molecule has 0 bridgehead atoms. The Morgan fingerprint density at radius 3 is 2.62 bits per heavy atom. The lowest BCUT2D eigenvalue weighted by molar-refractivity contribution is -0.117. The molecule has 0 aliphatic carbocycles. The van der Waals surface area contributed by atoms with Crippen LogP contribution in [0.2, 0.25) is 0 Å². The van der Waals surface area contributed by atoms with E-state index in [2.05, 4.69) is 18.7 Å². The fourth-order valence-electron chi connectivity index (χ4n) is 2.08. The normalized spacial score (nSPS) is 24.2. The Morgan fingerprint density at radius 2 is 2.08 bits per heavy atom. The second kappa shape index (κ2) is 4.75. The average Bonchev–Trinajstić information content (AvgIpc) is 2.33. The first kappa shape index (κ1) is 10.7. The van der Waals surface area contributed by atoms with Gasteiger partial charge in [0.25, 0.3) is 0 Å². The van der Waals surface area contributed by atoms with Crippen LogP contribution in [0.15, 0.2) is 0 Å². The summed E-state index contributed by atoms with van der Waals surface area (Å²) in [5, 5.41) is 0. The number of hydrogen-bond donors (Lipinski definition) is 0. The third kappa shape index (κ3) is 3.90. The van der Waals surface area contributed by atoms with Crippen molar-refractivity contribution in [1.82, 2.24) is 4.90 Å². The van der Waals surface area contributed by atoms with E-state index >= 15 is 0 Å². The average molecular weight is 182 g/mol. The number of rotatable bonds is 4. The van der Waals surface area contributed by atoms with Gasteiger partial charge in [-0.1, -0.05) is 13.8 Å². The van der Waals surface area contributed by atoms with Crippen LogP contribution >= 0.6 is 0 Å². The number of hydrogen-bond acceptors (Lipinski definition) is 2. The van der Waals surface area contributed by atoms with E-state index in [4.69, 9.17) is 0 Å². The molecule has 1 radical (unpaired) electrons. The van der Waals surface area contributed by atoms with Gasteiger partial charge in [-0.05, 0) is 31.7 Å². The molecule has 75 valence electrons. The van der Waals surface area contributed by atoms with Gasteiger partial charge in [0.1, 0.15) is 5.78 Å². The van der Waals surface area contributed by atoms with Crippen LogP contribution in [0.3, 0.4) is 0 Å². The van der Waals surface area contributed by atoms with Crippen LogP contribution in [-0.4, -0.2) is 30.3 Å². The van der Waals surface area contributed by atoms with Crippen LogP contribution in [-0.2, 0) is 4.79 Å². The van der Waals surface area contributed by atoms with Crippen molar-refractivity contribution >= 4 is 5.78 Å². The van der Waals surface area contributed by atoms with Gasteiger partial charge in [0, 0.05) is 19.5 Å². The van der Waals surface area contributed by atoms with Crippen molar-refractivity contribution in [2.45, 2.75) is 33.6 Å². The lowest BCUT2D eigenvalue weighted by Gasteiger charge is -2.17. The molecule has 2 nitrogen and oxygen atoms in total. The zero-order valence-corrected chi connectivity index (χ0v) is 8.97. The van der Waals surface area contributed by atoms with Gasteiger partial charge >= 0.3 is 0 Å². The predicted octanol–water partition coefficient (Wildman–Crippen LogP) is 1.90. The topological polar surface area (TPSA) is 20.3 Å². The van der Waals surface area contributed by atoms with Crippen molar-refractivity contribution < 1.29 is 4.79 Å². The van der Waals surface area contributed by atoms with E-state index in [1.807, 2.05) is 0 Å². The highest BCUT2D eigenvalue weighted by molar-refractivity contribution is 5.75. The fourth-order valence-corrected chi connectivity index (χ4v) is 2.08. The van der Waals surface area contributed by atoms with E-state index in [0.29, 0.717) is 11.7 Å². The molecule has 0 aromatic carbocycles. The molecule has 1 heterocycles. The minimum Gasteiger partial charge on any atom is -0.302 e. The lowest BCUT2D eigenvalue weighted by Crippen LogP contribution is -2.24. The van der Waals surface area contributed by atoms with Crippen molar-refractivity contribution in [1.29, 1.82) is 0 Å². The molecule has 2 heteroatoms. The smallest absolute Gasteiger partial charge is 0.130 e. The number of likely N-dealkylation sites (tertiary alicyclic amines) is 1. The van der Waals surface area contributed by atoms with E-state index in [1.165, 1.54) is 18.9 Å². The van der Waals surface area contributed by atoms with Crippen molar-refractivity contribution in [3.8, 4) is 0 Å². The molecule has 0 aromatic heterocycles. The molecule has 1 saturated heterocycles. The SMILES string of the molecule is C[C](C)CN1CCC(CC(C)=O)C1. The molecule has 1 atom stereocenters. The van der Waals surface area contributed by atoms with Gasteiger partial charge in [0.05, 0.1) is 0 Å². The lowest BCUT2D eigenvalue weighted by atomic mass is 10.0. The summed E-state index contributed by atoms with van der Waals surface area (Å²) in [5.74, 6) is 2.42. The third-order valence-electron chi connectivity index (χ3n) is 2.49. The molecule has 1 fully saturated rings. The Bertz CT molecular complexity index is 177. The maximum absolute atomic E-state index is 10.9. The van der Waals surface area contributed by atoms with E-state index in [9.17, 15) is 4.79 Å². The minimum atomic E-state index is 0.337. The fraction of sp³-hybridized carbons (Fsp3) is 0.818. The summed E-state index contributed by atoms with van der Waals surface area (Å²) in [6, 6.07) is 0. The van der Waals surface area contributed by atoms with Crippen molar-refractivity contribution in [2.24, 2.45) is 5.92 Å². The summed E-state index contributed by atoms with van der Waals surface area (Å²) in [6.45, 7) is 9.42. The molecule has 1 rings (SSSR count). The predicted molar refractivity (Wildman–Crippen MR) is 54.4 cm³/mol. The van der Waals surface area contributed by atoms with Gasteiger partial charge in [-0.2, -0.15) is 0 Å². The molecule has 0 amide bonds. The first-order valence-corrected chi connectivity index (χ1v) is 5.08. The summed E-state index contributed by atoms with van der Waals surface area (Å²) in [7, 11) is 0. The summed E-state index contributed by atoms with van der Waals surface area (Å²) < 4.78 is 0. The Morgan fingerprint density at radius 1 is 1.38 bits per heavy atom. The highest BCUT2D eigenvalue weighted by atomic mass is 16.1. The molecule has 0 aromatic rings. The van der Waals surface area contributed by atoms with Gasteiger partial charge in [-0.25, -0.2) is 0 Å². The third-order valence-corrected chi connectivity index (χ3v) is 2.49. The Kier molecular flexibility index (Phi) is 3.91. The highest BCUT2D eigenvalue weighted by Crippen LogP contribution is 2.20. The Balaban J connectivity index is 2.24. The maximum atomic E-state index is 10.9. The van der Waals surface area contributed by atoms with Gasteiger partial charge in [-0.3, -0.25) is 0 Å². The summed E-state index contributed by atoms with van der Waals surface area (Å²) in [6.07, 6.45) is 1.98. The molecular formula is C11H20NO. The summed E-state index contributed by atoms with van der Waals surface area (Å²) >= 11 is 0. The second-order valence-electron chi connectivity index (χ2n) is 4.50. The quantitative estimate of drug-likeness (QED) is 0.662. The van der Waals surface area contributed by atoms with Crippen molar-refractivity contribution in [2.75, 3.05) is 19.6 Å². The van der Waals surface area contributed by atoms with Crippen LogP contribution < -0.4 is 0 Å². The van der Waals surface area contributed by atoms with E-state index in [0.717, 1.165) is 19.5 Å². The summed E-state index contributed by atoms with van der Waals surface area (Å²) in [5.41, 5.74) is 0. The maximum Gasteiger partial charge on any atom is 0.130 e. The van der Waals surface area contributed by atoms with Crippen LogP contribution in [0.5, 0.6) is 0 Å². The first-order chi connectivity index (χ1) is 6.08. The largest absolute Gasteiger partial charge is 0.302 e. The molecule has 0 spiro atoms. The van der Waals surface area contributed by atoms with E-state index < -0.39 is 0 Å². The second-order valence-corrected chi connectivity index (χ2v) is 4.50. The van der Waals surface area contributed by atoms with Crippen LogP contribution in [0.4, 0.5) is 0 Å². The molecule has 1 aliphatic rings. The number of nitrogens with zero attached hydrogens (tertiary/aromatic N) is 1. The molecule has 13 heavy (non-hydrogen) atoms. The molecule has 0 saturated carbocycles. The Hall–Kier alpha value is -0.370. The van der Waals surface area contributed by atoms with E-state index in [-0.39, 0.29) is 0 Å². The van der Waals surface area contributed by atoms with Gasteiger partial charge in [-0.15, -0.1) is 0 Å². The monoisotopic (exact) mass is 182 g/mol. The van der Waals surface area contributed by atoms with Crippen molar-refractivity contribution in [3.63, 3.8) is 0 Å². The number of ketones is 1. The van der Waals surface area contributed by atoms with E-state index in [1.54, 1.807) is 6.92 Å². The van der Waals surface area contributed by atoms with Gasteiger partial charge in [0.2, 0.25) is 0 Å². The minimum absolute atomic E-state index is 0.337. The first-order valence-electron chi connectivity index (χ1n) is 5.08. The molecule has 1 unspecified atom stereocenters. The van der Waals surface area contributed by atoms with Crippen LogP contribution in [0.25, 0.3) is 0 Å². The molecule has 0 N–H and O–H groups in total. The molecular weight excluding hydrogens is 162 g/mol. The van der Waals surface area contributed by atoms with Crippen LogP contribution in [0.1, 0.15) is 33.6 Å². The highest BCUT2D eigenvalue weighted by Gasteiger charge is 2.23. The zero-order chi connectivity index (χ0) is 9.84. The summed E-state index contributed by atoms with van der Waals surface area (Å²) in [4.78, 5) is 13.4. The standard InChI is InChI=1S/C11H20NO/c1-9(2)7-12-5-4-11(8-12)6-10(3)13/h11H,4-8H2,1-3H3. The molecule has 1 aliphatic heterocycles. The zero-order valence-electron chi connectivity index (χ0n) is 8.97. The van der Waals surface area contributed by atoms with Gasteiger partial charge < -0.3 is 9.69 Å². The number of Topliss-reactive ketones (excluding diaryl/α,β-unsaturated/α-hetero) is 1. The van der Waals surface area contributed by atoms with Crippen molar-refractivity contribution in [3.05, 3.63) is 5.92 Å². The Labute approximate surface area is 81.3 Å². The van der Waals surface area contributed by atoms with Gasteiger partial charge in [0.15, 0.2) is 0 Å².